The van der Waals surface area contributed by atoms with Crippen molar-refractivity contribution in [2.24, 2.45) is 11.8 Å². The van der Waals surface area contributed by atoms with Gasteiger partial charge in [0.1, 0.15) is 0 Å². The first-order chi connectivity index (χ1) is 10.9. The SMILES string of the molecule is c1ccc(CN2CC(C3CCCCC3)NCC2C2CC2)cc1. The van der Waals surface area contributed by atoms with Gasteiger partial charge in [-0.3, -0.25) is 4.90 Å². The van der Waals surface area contributed by atoms with Crippen LogP contribution >= 0.6 is 0 Å². The molecule has 2 atom stereocenters. The minimum absolute atomic E-state index is 0.735. The summed E-state index contributed by atoms with van der Waals surface area (Å²) in [5.41, 5.74) is 1.48. The van der Waals surface area contributed by atoms with Crippen molar-refractivity contribution in [3.8, 4) is 0 Å². The second-order valence-corrected chi connectivity index (χ2v) is 7.73. The summed E-state index contributed by atoms with van der Waals surface area (Å²) >= 11 is 0. The van der Waals surface area contributed by atoms with Crippen LogP contribution in [0.25, 0.3) is 0 Å². The van der Waals surface area contributed by atoms with E-state index in [1.165, 1.54) is 63.6 Å². The fraction of sp³-hybridized carbons (Fsp3) is 0.700. The Morgan fingerprint density at radius 1 is 0.909 bits per heavy atom. The van der Waals surface area contributed by atoms with E-state index in [1.807, 2.05) is 0 Å². The second kappa shape index (κ2) is 6.72. The molecule has 1 heterocycles. The largest absolute Gasteiger partial charge is 0.311 e. The third-order valence-corrected chi connectivity index (χ3v) is 6.10. The predicted molar refractivity (Wildman–Crippen MR) is 91.7 cm³/mol. The van der Waals surface area contributed by atoms with Gasteiger partial charge in [0, 0.05) is 31.7 Å². The van der Waals surface area contributed by atoms with Crippen LogP contribution in [0.2, 0.25) is 0 Å². The Kier molecular flexibility index (Phi) is 4.49. The van der Waals surface area contributed by atoms with Crippen LogP contribution in [-0.2, 0) is 6.54 Å². The van der Waals surface area contributed by atoms with E-state index >= 15 is 0 Å². The predicted octanol–water partition coefficient (Wildman–Crippen LogP) is 3.82. The Balaban J connectivity index is 1.44. The van der Waals surface area contributed by atoms with Crippen molar-refractivity contribution in [3.05, 3.63) is 35.9 Å². The Morgan fingerprint density at radius 3 is 2.41 bits per heavy atom. The molecule has 2 unspecified atom stereocenters. The fourth-order valence-electron chi connectivity index (χ4n) is 4.65. The van der Waals surface area contributed by atoms with Crippen LogP contribution < -0.4 is 5.32 Å². The Hall–Kier alpha value is -0.860. The molecule has 1 aliphatic heterocycles. The smallest absolute Gasteiger partial charge is 0.0253 e. The molecule has 2 saturated carbocycles. The lowest BCUT2D eigenvalue weighted by molar-refractivity contribution is 0.0783. The number of nitrogens with one attached hydrogen (secondary N) is 1. The van der Waals surface area contributed by atoms with Crippen LogP contribution in [0.3, 0.4) is 0 Å². The highest BCUT2D eigenvalue weighted by Gasteiger charge is 2.40. The standard InChI is InChI=1S/C20H30N2/c1-3-7-16(8-4-1)14-22-15-19(17-9-5-2-6-10-17)21-13-20(22)18-11-12-18/h1,3-4,7-8,17-21H,2,5-6,9-15H2. The maximum atomic E-state index is 3.93. The summed E-state index contributed by atoms with van der Waals surface area (Å²) in [6.07, 6.45) is 10.2. The molecule has 2 aliphatic carbocycles. The van der Waals surface area contributed by atoms with Gasteiger partial charge in [0.15, 0.2) is 0 Å². The van der Waals surface area contributed by atoms with E-state index in [-0.39, 0.29) is 0 Å². The Morgan fingerprint density at radius 2 is 1.68 bits per heavy atom. The van der Waals surface area contributed by atoms with E-state index in [2.05, 4.69) is 40.5 Å². The molecule has 2 heteroatoms. The molecule has 1 aromatic rings. The van der Waals surface area contributed by atoms with Crippen molar-refractivity contribution in [2.45, 2.75) is 63.6 Å². The number of hydrogen-bond acceptors (Lipinski definition) is 2. The topological polar surface area (TPSA) is 15.3 Å². The van der Waals surface area contributed by atoms with Gasteiger partial charge in [0.25, 0.3) is 0 Å². The van der Waals surface area contributed by atoms with Crippen molar-refractivity contribution in [2.75, 3.05) is 13.1 Å². The van der Waals surface area contributed by atoms with Crippen molar-refractivity contribution in [3.63, 3.8) is 0 Å². The van der Waals surface area contributed by atoms with Crippen LogP contribution in [0.1, 0.15) is 50.5 Å². The summed E-state index contributed by atoms with van der Waals surface area (Å²) in [6.45, 7) is 3.63. The molecule has 3 fully saturated rings. The molecule has 1 N–H and O–H groups in total. The minimum atomic E-state index is 0.735. The van der Waals surface area contributed by atoms with E-state index < -0.39 is 0 Å². The van der Waals surface area contributed by atoms with E-state index in [0.29, 0.717) is 0 Å². The van der Waals surface area contributed by atoms with Crippen molar-refractivity contribution < 1.29 is 0 Å². The molecule has 0 amide bonds. The monoisotopic (exact) mass is 298 g/mol. The lowest BCUT2D eigenvalue weighted by atomic mass is 9.82. The van der Waals surface area contributed by atoms with Gasteiger partial charge >= 0.3 is 0 Å². The minimum Gasteiger partial charge on any atom is -0.311 e. The molecule has 1 saturated heterocycles. The van der Waals surface area contributed by atoms with Gasteiger partial charge in [-0.2, -0.15) is 0 Å². The van der Waals surface area contributed by atoms with Crippen LogP contribution in [0.4, 0.5) is 0 Å². The van der Waals surface area contributed by atoms with E-state index in [9.17, 15) is 0 Å². The summed E-state index contributed by atoms with van der Waals surface area (Å²) in [5, 5.41) is 3.93. The lowest BCUT2D eigenvalue weighted by Gasteiger charge is -2.44. The maximum absolute atomic E-state index is 3.93. The highest BCUT2D eigenvalue weighted by Crippen LogP contribution is 2.38. The van der Waals surface area contributed by atoms with Crippen LogP contribution in [0, 0.1) is 11.8 Å². The fourth-order valence-corrected chi connectivity index (χ4v) is 4.65. The summed E-state index contributed by atoms with van der Waals surface area (Å²) in [7, 11) is 0. The normalized spacial score (nSPS) is 31.3. The van der Waals surface area contributed by atoms with Crippen molar-refractivity contribution >= 4 is 0 Å². The summed E-state index contributed by atoms with van der Waals surface area (Å²) in [5.74, 6) is 1.88. The van der Waals surface area contributed by atoms with E-state index in [0.717, 1.165) is 30.5 Å². The second-order valence-electron chi connectivity index (χ2n) is 7.73. The summed E-state index contributed by atoms with van der Waals surface area (Å²) < 4.78 is 0. The first-order valence-corrected chi connectivity index (χ1v) is 9.41. The summed E-state index contributed by atoms with van der Waals surface area (Å²) in [4.78, 5) is 2.81. The van der Waals surface area contributed by atoms with Crippen LogP contribution in [0.15, 0.2) is 30.3 Å². The molecule has 22 heavy (non-hydrogen) atoms. The number of nitrogens with zero attached hydrogens (tertiary/aromatic N) is 1. The molecular weight excluding hydrogens is 268 g/mol. The zero-order valence-electron chi connectivity index (χ0n) is 13.7. The number of rotatable bonds is 4. The molecule has 0 aromatic heterocycles. The van der Waals surface area contributed by atoms with Gasteiger partial charge in [0.2, 0.25) is 0 Å². The zero-order chi connectivity index (χ0) is 14.8. The number of piperazine rings is 1. The molecule has 0 spiro atoms. The molecule has 2 nitrogen and oxygen atoms in total. The zero-order valence-corrected chi connectivity index (χ0v) is 13.7. The molecule has 0 radical (unpaired) electrons. The van der Waals surface area contributed by atoms with Crippen LogP contribution in [0.5, 0.6) is 0 Å². The molecule has 4 rings (SSSR count). The van der Waals surface area contributed by atoms with Gasteiger partial charge in [-0.25, -0.2) is 0 Å². The highest BCUT2D eigenvalue weighted by molar-refractivity contribution is 5.15. The molecule has 0 bridgehead atoms. The Bertz CT molecular complexity index is 462. The first-order valence-electron chi connectivity index (χ1n) is 9.41. The molecular formula is C20H30N2. The van der Waals surface area contributed by atoms with Gasteiger partial charge in [0.05, 0.1) is 0 Å². The van der Waals surface area contributed by atoms with Gasteiger partial charge < -0.3 is 5.32 Å². The van der Waals surface area contributed by atoms with Crippen molar-refractivity contribution in [1.82, 2.24) is 10.2 Å². The first kappa shape index (κ1) is 14.7. The number of benzene rings is 1. The van der Waals surface area contributed by atoms with Gasteiger partial charge in [-0.15, -0.1) is 0 Å². The highest BCUT2D eigenvalue weighted by atomic mass is 15.2. The molecule has 120 valence electrons. The third kappa shape index (κ3) is 3.38. The lowest BCUT2D eigenvalue weighted by Crippen LogP contribution is -2.59. The molecule has 1 aromatic carbocycles. The van der Waals surface area contributed by atoms with Gasteiger partial charge in [-0.05, 0) is 43.1 Å². The quantitative estimate of drug-likeness (QED) is 0.909. The maximum Gasteiger partial charge on any atom is 0.0253 e. The van der Waals surface area contributed by atoms with E-state index in [1.54, 1.807) is 0 Å². The average molecular weight is 298 g/mol. The van der Waals surface area contributed by atoms with Crippen LogP contribution in [-0.4, -0.2) is 30.1 Å². The van der Waals surface area contributed by atoms with E-state index in [4.69, 9.17) is 0 Å². The average Bonchev–Trinajstić information content (AvgIpc) is 3.41. The van der Waals surface area contributed by atoms with Gasteiger partial charge in [-0.1, -0.05) is 49.6 Å². The van der Waals surface area contributed by atoms with Crippen molar-refractivity contribution in [1.29, 1.82) is 0 Å². The summed E-state index contributed by atoms with van der Waals surface area (Å²) in [6, 6.07) is 12.6. The Labute approximate surface area is 135 Å². The molecule has 3 aliphatic rings. The third-order valence-electron chi connectivity index (χ3n) is 6.10. The number of hydrogen-bond donors (Lipinski definition) is 1.